The van der Waals surface area contributed by atoms with Gasteiger partial charge in [0.15, 0.2) is 11.0 Å². The zero-order valence-corrected chi connectivity index (χ0v) is 18.8. The molecule has 1 heterocycles. The van der Waals surface area contributed by atoms with Gasteiger partial charge in [0.1, 0.15) is 5.82 Å². The number of rotatable bonds is 7. The van der Waals surface area contributed by atoms with Gasteiger partial charge >= 0.3 is 0 Å². The van der Waals surface area contributed by atoms with E-state index < -0.39 is 5.25 Å². The molecule has 0 aliphatic carbocycles. The Morgan fingerprint density at radius 3 is 2.47 bits per heavy atom. The van der Waals surface area contributed by atoms with Gasteiger partial charge in [-0.2, -0.15) is 0 Å². The van der Waals surface area contributed by atoms with Gasteiger partial charge in [0.25, 0.3) is 0 Å². The molecule has 1 aromatic heterocycles. The Bertz CT molecular complexity index is 1230. The predicted octanol–water partition coefficient (Wildman–Crippen LogP) is 5.91. The number of hydrogen-bond acceptors (Lipinski definition) is 4. The Balaban J connectivity index is 1.62. The van der Waals surface area contributed by atoms with Crippen LogP contribution < -0.4 is 5.32 Å². The summed E-state index contributed by atoms with van der Waals surface area (Å²) < 4.78 is 16.3. The van der Waals surface area contributed by atoms with Crippen molar-refractivity contribution in [3.05, 3.63) is 95.3 Å². The maximum Gasteiger partial charge on any atom is 0.237 e. The molecule has 1 N–H and O–H groups in total. The molecule has 4 aromatic rings. The summed E-state index contributed by atoms with van der Waals surface area (Å²) in [5, 5.41) is 11.9. The maximum absolute atomic E-state index is 14.5. The number of carbonyl (C=O) groups excluding carboxylic acids is 1. The molecule has 0 bridgehead atoms. The van der Waals surface area contributed by atoms with Gasteiger partial charge < -0.3 is 5.32 Å². The van der Waals surface area contributed by atoms with Crippen LogP contribution in [0.5, 0.6) is 0 Å². The first-order chi connectivity index (χ1) is 15.5. The Morgan fingerprint density at radius 1 is 1.03 bits per heavy atom. The molecule has 8 heteroatoms. The molecule has 3 aromatic carbocycles. The minimum Gasteiger partial charge on any atom is -0.324 e. The van der Waals surface area contributed by atoms with Crippen molar-refractivity contribution >= 4 is 35.0 Å². The molecule has 32 heavy (non-hydrogen) atoms. The van der Waals surface area contributed by atoms with E-state index in [0.717, 1.165) is 5.56 Å². The van der Waals surface area contributed by atoms with Crippen molar-refractivity contribution < 1.29 is 9.18 Å². The lowest BCUT2D eigenvalue weighted by molar-refractivity contribution is -0.115. The fourth-order valence-corrected chi connectivity index (χ4v) is 4.17. The van der Waals surface area contributed by atoms with Gasteiger partial charge in [-0.1, -0.05) is 78.0 Å². The number of nitrogens with one attached hydrogen (secondary N) is 1. The number of aromatic nitrogens is 3. The van der Waals surface area contributed by atoms with Crippen molar-refractivity contribution in [3.63, 3.8) is 0 Å². The summed E-state index contributed by atoms with van der Waals surface area (Å²) >= 11 is 7.41. The first kappa shape index (κ1) is 22.0. The normalized spacial score (nSPS) is 11.8. The molecule has 0 fully saturated rings. The summed E-state index contributed by atoms with van der Waals surface area (Å²) in [4.78, 5) is 12.8. The summed E-state index contributed by atoms with van der Waals surface area (Å²) in [6, 6.07) is 23.3. The van der Waals surface area contributed by atoms with Crippen LogP contribution in [0.2, 0.25) is 5.02 Å². The summed E-state index contributed by atoms with van der Waals surface area (Å²) in [7, 11) is 0. The standard InChI is InChI=1S/C24H20ClFN4OS/c1-16(23(31)27-21-14-8-6-12-19(21)25)32-24-29-28-22(18-11-5-7-13-20(18)26)30(24)15-17-9-3-2-4-10-17/h2-14,16H,15H2,1H3,(H,27,31). The molecule has 1 atom stereocenters. The second-order valence-corrected chi connectivity index (χ2v) is 8.80. The lowest BCUT2D eigenvalue weighted by Gasteiger charge is -2.14. The minimum absolute atomic E-state index is 0.218. The summed E-state index contributed by atoms with van der Waals surface area (Å²) in [5.41, 5.74) is 1.92. The number of para-hydroxylation sites is 1. The van der Waals surface area contributed by atoms with Crippen LogP contribution in [-0.4, -0.2) is 25.9 Å². The van der Waals surface area contributed by atoms with Gasteiger partial charge in [-0.15, -0.1) is 10.2 Å². The Kier molecular flexibility index (Phi) is 6.87. The topological polar surface area (TPSA) is 59.8 Å². The number of halogens is 2. The highest BCUT2D eigenvalue weighted by atomic mass is 35.5. The highest BCUT2D eigenvalue weighted by Crippen LogP contribution is 2.30. The van der Waals surface area contributed by atoms with E-state index in [2.05, 4.69) is 15.5 Å². The van der Waals surface area contributed by atoms with Crippen LogP contribution in [0.3, 0.4) is 0 Å². The fourth-order valence-electron chi connectivity index (χ4n) is 3.13. The molecular weight excluding hydrogens is 447 g/mol. The zero-order chi connectivity index (χ0) is 22.5. The molecule has 162 valence electrons. The van der Waals surface area contributed by atoms with Gasteiger partial charge in [0.05, 0.1) is 28.1 Å². The number of nitrogens with zero attached hydrogens (tertiary/aromatic N) is 3. The molecule has 5 nitrogen and oxygen atoms in total. The van der Waals surface area contributed by atoms with Crippen molar-refractivity contribution in [2.24, 2.45) is 0 Å². The molecule has 0 saturated heterocycles. The van der Waals surface area contributed by atoms with Crippen molar-refractivity contribution in [1.82, 2.24) is 14.8 Å². The van der Waals surface area contributed by atoms with Crippen LogP contribution in [0.15, 0.2) is 84.0 Å². The van der Waals surface area contributed by atoms with E-state index in [9.17, 15) is 9.18 Å². The summed E-state index contributed by atoms with van der Waals surface area (Å²) in [6.45, 7) is 2.22. The Labute approximate surface area is 194 Å². The highest BCUT2D eigenvalue weighted by molar-refractivity contribution is 8.00. The third-order valence-electron chi connectivity index (χ3n) is 4.80. The molecular formula is C24H20ClFN4OS. The van der Waals surface area contributed by atoms with E-state index in [1.807, 2.05) is 34.9 Å². The molecule has 0 spiro atoms. The molecule has 0 aliphatic rings. The van der Waals surface area contributed by atoms with Gasteiger partial charge in [0, 0.05) is 0 Å². The quantitative estimate of drug-likeness (QED) is 0.344. The second kappa shape index (κ2) is 9.97. The van der Waals surface area contributed by atoms with E-state index in [-0.39, 0.29) is 11.7 Å². The average molecular weight is 467 g/mol. The summed E-state index contributed by atoms with van der Waals surface area (Å²) in [5.74, 6) is -0.187. The van der Waals surface area contributed by atoms with Crippen molar-refractivity contribution in [3.8, 4) is 11.4 Å². The highest BCUT2D eigenvalue weighted by Gasteiger charge is 2.22. The fraction of sp³-hybridized carbons (Fsp3) is 0.125. The molecule has 0 saturated carbocycles. The van der Waals surface area contributed by atoms with E-state index in [4.69, 9.17) is 11.6 Å². The van der Waals surface area contributed by atoms with E-state index in [0.29, 0.717) is 33.8 Å². The number of amides is 1. The van der Waals surface area contributed by atoms with Crippen molar-refractivity contribution in [2.45, 2.75) is 23.9 Å². The van der Waals surface area contributed by atoms with E-state index >= 15 is 0 Å². The lowest BCUT2D eigenvalue weighted by atomic mass is 10.2. The van der Waals surface area contributed by atoms with E-state index in [1.54, 1.807) is 49.4 Å². The third kappa shape index (κ3) is 5.00. The Morgan fingerprint density at radius 2 is 1.72 bits per heavy atom. The maximum atomic E-state index is 14.5. The Hall–Kier alpha value is -3.16. The molecule has 1 unspecified atom stereocenters. The van der Waals surface area contributed by atoms with Crippen molar-refractivity contribution in [2.75, 3.05) is 5.32 Å². The number of anilines is 1. The van der Waals surface area contributed by atoms with Crippen LogP contribution >= 0.6 is 23.4 Å². The third-order valence-corrected chi connectivity index (χ3v) is 6.21. The van der Waals surface area contributed by atoms with Crippen molar-refractivity contribution in [1.29, 1.82) is 0 Å². The van der Waals surface area contributed by atoms with Crippen LogP contribution in [0, 0.1) is 5.82 Å². The monoisotopic (exact) mass is 466 g/mol. The van der Waals surface area contributed by atoms with Gasteiger partial charge in [0.2, 0.25) is 5.91 Å². The predicted molar refractivity (Wildman–Crippen MR) is 126 cm³/mol. The lowest BCUT2D eigenvalue weighted by Crippen LogP contribution is -2.23. The number of benzene rings is 3. The average Bonchev–Trinajstić information content (AvgIpc) is 3.18. The van der Waals surface area contributed by atoms with Gasteiger partial charge in [-0.05, 0) is 36.8 Å². The molecule has 0 radical (unpaired) electrons. The molecule has 0 aliphatic heterocycles. The number of thioether (sulfide) groups is 1. The summed E-state index contributed by atoms with van der Waals surface area (Å²) in [6.07, 6.45) is 0. The zero-order valence-electron chi connectivity index (χ0n) is 17.2. The number of hydrogen-bond donors (Lipinski definition) is 1. The molecule has 1 amide bonds. The van der Waals surface area contributed by atoms with Gasteiger partial charge in [-0.3, -0.25) is 9.36 Å². The molecule has 4 rings (SSSR count). The first-order valence-electron chi connectivity index (χ1n) is 9.97. The second-order valence-electron chi connectivity index (χ2n) is 7.09. The minimum atomic E-state index is -0.488. The van der Waals surface area contributed by atoms with Crippen LogP contribution in [0.25, 0.3) is 11.4 Å². The van der Waals surface area contributed by atoms with Gasteiger partial charge in [-0.25, -0.2) is 4.39 Å². The SMILES string of the molecule is CC(Sc1nnc(-c2ccccc2F)n1Cc1ccccc1)C(=O)Nc1ccccc1Cl. The smallest absolute Gasteiger partial charge is 0.237 e. The van der Waals surface area contributed by atoms with Crippen LogP contribution in [0.4, 0.5) is 10.1 Å². The van der Waals surface area contributed by atoms with Crippen LogP contribution in [0.1, 0.15) is 12.5 Å². The van der Waals surface area contributed by atoms with Crippen LogP contribution in [-0.2, 0) is 11.3 Å². The first-order valence-corrected chi connectivity index (χ1v) is 11.2. The van der Waals surface area contributed by atoms with E-state index in [1.165, 1.54) is 17.8 Å². The largest absolute Gasteiger partial charge is 0.324 e. The number of carbonyl (C=O) groups is 1.